The van der Waals surface area contributed by atoms with Crippen molar-refractivity contribution < 1.29 is 22.8 Å². The second-order valence-corrected chi connectivity index (χ2v) is 3.61. The molecule has 2 aromatic heterocycles. The predicted octanol–water partition coefficient (Wildman–Crippen LogP) is 1.10. The third-order valence-corrected chi connectivity index (χ3v) is 2.29. The number of alkyl halides is 3. The summed E-state index contributed by atoms with van der Waals surface area (Å²) in [5.74, 6) is -1.63. The number of hydrogen-bond acceptors (Lipinski definition) is 5. The number of halogens is 3. The van der Waals surface area contributed by atoms with Crippen molar-refractivity contribution in [2.45, 2.75) is 18.7 Å². The molecule has 0 bridgehead atoms. The third kappa shape index (κ3) is 2.50. The predicted molar refractivity (Wildman–Crippen MR) is 51.2 cm³/mol. The van der Waals surface area contributed by atoms with E-state index >= 15 is 0 Å². The van der Waals surface area contributed by atoms with E-state index in [0.717, 1.165) is 0 Å². The summed E-state index contributed by atoms with van der Waals surface area (Å²) in [5, 5.41) is 16.4. The first-order chi connectivity index (χ1) is 8.38. The maximum absolute atomic E-state index is 12.2. The molecule has 0 aliphatic rings. The fraction of sp³-hybridized carbons (Fsp3) is 0.444. The van der Waals surface area contributed by atoms with E-state index in [1.165, 1.54) is 10.9 Å². The van der Waals surface area contributed by atoms with Crippen molar-refractivity contribution in [3.63, 3.8) is 0 Å². The van der Waals surface area contributed by atoms with Crippen LogP contribution in [0.5, 0.6) is 0 Å². The monoisotopic (exact) mass is 262 g/mol. The van der Waals surface area contributed by atoms with Gasteiger partial charge in [-0.25, -0.2) is 0 Å². The lowest BCUT2D eigenvalue weighted by atomic mass is 10.2. The molecule has 0 aliphatic carbocycles. The molecule has 98 valence electrons. The topological polar surface area (TPSA) is 77.0 Å². The minimum atomic E-state index is -4.65. The van der Waals surface area contributed by atoms with Gasteiger partial charge in [-0.15, -0.1) is 0 Å². The molecule has 9 heteroatoms. The Bertz CT molecular complexity index is 534. The van der Waals surface area contributed by atoms with Gasteiger partial charge in [-0.2, -0.15) is 23.3 Å². The first-order valence-electron chi connectivity index (χ1n) is 4.93. The molecular weight excluding hydrogens is 253 g/mol. The molecule has 2 rings (SSSR count). The summed E-state index contributed by atoms with van der Waals surface area (Å²) >= 11 is 0. The van der Waals surface area contributed by atoms with Crippen LogP contribution < -0.4 is 0 Å². The van der Waals surface area contributed by atoms with Gasteiger partial charge in [0.1, 0.15) is 6.10 Å². The summed E-state index contributed by atoms with van der Waals surface area (Å²) < 4.78 is 42.5. The van der Waals surface area contributed by atoms with E-state index < -0.39 is 18.1 Å². The van der Waals surface area contributed by atoms with Crippen molar-refractivity contribution in [2.24, 2.45) is 7.05 Å². The van der Waals surface area contributed by atoms with Crippen molar-refractivity contribution in [1.82, 2.24) is 19.9 Å². The number of aliphatic hydroxyl groups excluding tert-OH is 1. The summed E-state index contributed by atoms with van der Waals surface area (Å²) in [6, 6.07) is 1.55. The average molecular weight is 262 g/mol. The van der Waals surface area contributed by atoms with E-state index in [2.05, 4.69) is 19.8 Å². The van der Waals surface area contributed by atoms with E-state index in [9.17, 15) is 18.3 Å². The van der Waals surface area contributed by atoms with E-state index in [1.54, 1.807) is 13.1 Å². The zero-order valence-electron chi connectivity index (χ0n) is 9.22. The van der Waals surface area contributed by atoms with Crippen LogP contribution in [0, 0.1) is 0 Å². The average Bonchev–Trinajstić information content (AvgIpc) is 2.85. The van der Waals surface area contributed by atoms with Crippen LogP contribution in [0.2, 0.25) is 0 Å². The molecule has 0 amide bonds. The molecule has 2 aromatic rings. The standard InChI is InChI=1S/C9H9F3N4O2/c1-16-5(2-3-13-16)6(17)4-7-14-8(15-18-7)9(10,11)12/h2-3,6,17H,4H2,1H3. The van der Waals surface area contributed by atoms with Gasteiger partial charge in [0.05, 0.1) is 12.1 Å². The molecule has 0 saturated carbocycles. The summed E-state index contributed by atoms with van der Waals surface area (Å²) in [4.78, 5) is 3.17. The number of nitrogens with zero attached hydrogens (tertiary/aromatic N) is 4. The summed E-state index contributed by atoms with van der Waals surface area (Å²) in [6.07, 6.45) is -4.45. The Morgan fingerprint density at radius 2 is 2.22 bits per heavy atom. The molecule has 1 unspecified atom stereocenters. The molecule has 18 heavy (non-hydrogen) atoms. The zero-order chi connectivity index (χ0) is 13.3. The zero-order valence-corrected chi connectivity index (χ0v) is 9.22. The van der Waals surface area contributed by atoms with Crippen LogP contribution in [-0.4, -0.2) is 25.0 Å². The van der Waals surface area contributed by atoms with Gasteiger partial charge in [0.25, 0.3) is 5.82 Å². The highest BCUT2D eigenvalue weighted by atomic mass is 19.4. The number of hydrogen-bond donors (Lipinski definition) is 1. The molecule has 6 nitrogen and oxygen atoms in total. The fourth-order valence-electron chi connectivity index (χ4n) is 1.43. The van der Waals surface area contributed by atoms with Crippen molar-refractivity contribution in [1.29, 1.82) is 0 Å². The molecule has 0 radical (unpaired) electrons. The molecule has 0 aromatic carbocycles. The maximum atomic E-state index is 12.2. The molecule has 1 N–H and O–H groups in total. The van der Waals surface area contributed by atoms with E-state index in [4.69, 9.17) is 0 Å². The number of aryl methyl sites for hydroxylation is 1. The van der Waals surface area contributed by atoms with Crippen LogP contribution in [0.1, 0.15) is 23.5 Å². The lowest BCUT2D eigenvalue weighted by molar-refractivity contribution is -0.146. The van der Waals surface area contributed by atoms with Crippen molar-refractivity contribution >= 4 is 0 Å². The van der Waals surface area contributed by atoms with Crippen LogP contribution in [0.25, 0.3) is 0 Å². The van der Waals surface area contributed by atoms with Crippen molar-refractivity contribution in [3.8, 4) is 0 Å². The second-order valence-electron chi connectivity index (χ2n) is 3.61. The highest BCUT2D eigenvalue weighted by molar-refractivity contribution is 5.06. The highest BCUT2D eigenvalue weighted by Gasteiger charge is 2.37. The Morgan fingerprint density at radius 1 is 1.50 bits per heavy atom. The van der Waals surface area contributed by atoms with Crippen LogP contribution in [0.3, 0.4) is 0 Å². The van der Waals surface area contributed by atoms with Crippen LogP contribution >= 0.6 is 0 Å². The fourth-order valence-corrected chi connectivity index (χ4v) is 1.43. The van der Waals surface area contributed by atoms with Gasteiger partial charge >= 0.3 is 6.18 Å². The van der Waals surface area contributed by atoms with E-state index in [1.807, 2.05) is 0 Å². The van der Waals surface area contributed by atoms with Crippen molar-refractivity contribution in [3.05, 3.63) is 29.7 Å². The Hall–Kier alpha value is -1.90. The Morgan fingerprint density at radius 3 is 2.72 bits per heavy atom. The lowest BCUT2D eigenvalue weighted by Gasteiger charge is -2.07. The van der Waals surface area contributed by atoms with Gasteiger partial charge in [-0.05, 0) is 6.07 Å². The van der Waals surface area contributed by atoms with Gasteiger partial charge in [-0.3, -0.25) is 4.68 Å². The highest BCUT2D eigenvalue weighted by Crippen LogP contribution is 2.27. The minimum Gasteiger partial charge on any atom is -0.386 e. The number of aromatic nitrogens is 4. The smallest absolute Gasteiger partial charge is 0.386 e. The molecule has 1 atom stereocenters. The van der Waals surface area contributed by atoms with Gasteiger partial charge in [0.15, 0.2) is 0 Å². The molecule has 0 spiro atoms. The quantitative estimate of drug-likeness (QED) is 0.896. The minimum absolute atomic E-state index is 0.206. The largest absolute Gasteiger partial charge is 0.455 e. The SMILES string of the molecule is Cn1nccc1C(O)Cc1nc(C(F)(F)F)no1. The molecular formula is C9H9F3N4O2. The molecule has 0 fully saturated rings. The Labute approximate surface area is 99.0 Å². The molecule has 0 saturated heterocycles. The third-order valence-electron chi connectivity index (χ3n) is 2.29. The van der Waals surface area contributed by atoms with Crippen LogP contribution in [0.4, 0.5) is 13.2 Å². The second kappa shape index (κ2) is 4.41. The first-order valence-corrected chi connectivity index (χ1v) is 4.93. The number of aliphatic hydroxyl groups is 1. The van der Waals surface area contributed by atoms with Crippen LogP contribution in [-0.2, 0) is 19.6 Å². The van der Waals surface area contributed by atoms with Gasteiger partial charge in [-0.1, -0.05) is 5.16 Å². The van der Waals surface area contributed by atoms with E-state index in [0.29, 0.717) is 5.69 Å². The summed E-state index contributed by atoms with van der Waals surface area (Å²) in [6.45, 7) is 0. The maximum Gasteiger partial charge on any atom is 0.455 e. The van der Waals surface area contributed by atoms with E-state index in [-0.39, 0.29) is 12.3 Å². The molecule has 2 heterocycles. The van der Waals surface area contributed by atoms with Crippen molar-refractivity contribution in [2.75, 3.05) is 0 Å². The van der Waals surface area contributed by atoms with Gasteiger partial charge in [0, 0.05) is 13.2 Å². The lowest BCUT2D eigenvalue weighted by Crippen LogP contribution is -2.09. The summed E-state index contributed by atoms with van der Waals surface area (Å²) in [5.41, 5.74) is 0.446. The normalized spacial score (nSPS) is 13.8. The van der Waals surface area contributed by atoms with Gasteiger partial charge in [0.2, 0.25) is 5.89 Å². The van der Waals surface area contributed by atoms with Gasteiger partial charge < -0.3 is 9.63 Å². The summed E-state index contributed by atoms with van der Waals surface area (Å²) in [7, 11) is 1.60. The molecule has 0 aliphatic heterocycles. The number of rotatable bonds is 3. The Kier molecular flexibility index (Phi) is 3.07. The van der Waals surface area contributed by atoms with Crippen LogP contribution in [0.15, 0.2) is 16.8 Å². The Balaban J connectivity index is 2.11. The first kappa shape index (κ1) is 12.6.